The maximum atomic E-state index is 13.2. The molecule has 1 aromatic heterocycles. The van der Waals surface area contributed by atoms with Crippen LogP contribution < -0.4 is 0 Å². The predicted molar refractivity (Wildman–Crippen MR) is 118 cm³/mol. The van der Waals surface area contributed by atoms with E-state index in [1.165, 1.54) is 12.1 Å². The summed E-state index contributed by atoms with van der Waals surface area (Å²) in [6.45, 7) is 5.51. The molecule has 0 bridgehead atoms. The Bertz CT molecular complexity index is 1070. The fourth-order valence-corrected chi connectivity index (χ4v) is 5.88. The van der Waals surface area contributed by atoms with E-state index in [4.69, 9.17) is 19.2 Å². The van der Waals surface area contributed by atoms with Crippen LogP contribution >= 0.6 is 0 Å². The molecule has 2 aromatic rings. The number of benzene rings is 1. The van der Waals surface area contributed by atoms with Crippen LogP contribution in [0.2, 0.25) is 0 Å². The zero-order chi connectivity index (χ0) is 24.3. The van der Waals surface area contributed by atoms with Crippen molar-refractivity contribution in [2.75, 3.05) is 20.3 Å². The minimum Gasteiger partial charge on any atom is -0.388 e. The largest absolute Gasteiger partial charge is 0.416 e. The molecule has 1 aromatic carbocycles. The van der Waals surface area contributed by atoms with Crippen molar-refractivity contribution < 1.29 is 32.5 Å². The Kier molecular flexibility index (Phi) is 5.79. The highest BCUT2D eigenvalue weighted by Gasteiger charge is 2.52. The number of fused-ring (bicyclic) bond motifs is 4. The van der Waals surface area contributed by atoms with Crippen molar-refractivity contribution in [2.45, 2.75) is 70.1 Å². The summed E-state index contributed by atoms with van der Waals surface area (Å²) in [7, 11) is 1.60. The molecule has 2 atom stereocenters. The van der Waals surface area contributed by atoms with E-state index in [1.807, 2.05) is 0 Å². The van der Waals surface area contributed by atoms with Gasteiger partial charge in [0.15, 0.2) is 0 Å². The lowest BCUT2D eigenvalue weighted by Gasteiger charge is -2.40. The van der Waals surface area contributed by atoms with Gasteiger partial charge in [-0.1, -0.05) is 26.0 Å². The molecule has 2 unspecified atom stereocenters. The summed E-state index contributed by atoms with van der Waals surface area (Å²) in [5, 5.41) is 11.3. The zero-order valence-electron chi connectivity index (χ0n) is 19.7. The van der Waals surface area contributed by atoms with Crippen molar-refractivity contribution in [2.24, 2.45) is 5.41 Å². The van der Waals surface area contributed by atoms with Gasteiger partial charge in [-0.25, -0.2) is 0 Å². The number of nitrogens with zero attached hydrogens (tertiary/aromatic N) is 1. The summed E-state index contributed by atoms with van der Waals surface area (Å²) in [6, 6.07) is 5.13. The molecule has 3 heterocycles. The van der Waals surface area contributed by atoms with Crippen LogP contribution in [0.3, 0.4) is 0 Å². The van der Waals surface area contributed by atoms with Gasteiger partial charge in [0, 0.05) is 50.0 Å². The minimum atomic E-state index is -4.41. The number of aliphatic hydroxyl groups is 1. The van der Waals surface area contributed by atoms with Gasteiger partial charge in [0.25, 0.3) is 0 Å². The fraction of sp³-hybridized carbons (Fsp3) is 0.577. The molecule has 1 saturated heterocycles. The number of aliphatic hydroxyl groups excluding tert-OH is 1. The van der Waals surface area contributed by atoms with Gasteiger partial charge in [-0.2, -0.15) is 13.2 Å². The van der Waals surface area contributed by atoms with Crippen LogP contribution in [-0.4, -0.2) is 30.4 Å². The number of pyridine rings is 1. The molecule has 0 saturated carbocycles. The van der Waals surface area contributed by atoms with Crippen LogP contribution in [0.25, 0.3) is 0 Å². The first-order chi connectivity index (χ1) is 16.0. The molecule has 1 fully saturated rings. The van der Waals surface area contributed by atoms with Gasteiger partial charge in [-0.05, 0) is 41.5 Å². The maximum Gasteiger partial charge on any atom is 0.416 e. The molecule has 5 rings (SSSR count). The van der Waals surface area contributed by atoms with Gasteiger partial charge < -0.3 is 19.3 Å². The Hall–Kier alpha value is -2.00. The van der Waals surface area contributed by atoms with Crippen LogP contribution in [0, 0.1) is 5.41 Å². The highest BCUT2D eigenvalue weighted by molar-refractivity contribution is 5.53. The molecule has 1 N–H and O–H groups in total. The molecule has 34 heavy (non-hydrogen) atoms. The number of ether oxygens (including phenoxy) is 3. The highest BCUT2D eigenvalue weighted by atomic mass is 19.4. The summed E-state index contributed by atoms with van der Waals surface area (Å²) >= 11 is 0. The second-order valence-corrected chi connectivity index (χ2v) is 10.4. The Morgan fingerprint density at radius 3 is 2.41 bits per heavy atom. The number of aromatic nitrogens is 1. The van der Waals surface area contributed by atoms with E-state index in [-0.39, 0.29) is 12.0 Å². The van der Waals surface area contributed by atoms with E-state index in [0.717, 1.165) is 46.6 Å². The van der Waals surface area contributed by atoms with Crippen molar-refractivity contribution >= 4 is 0 Å². The van der Waals surface area contributed by atoms with E-state index >= 15 is 0 Å². The summed E-state index contributed by atoms with van der Waals surface area (Å²) in [4.78, 5) is 4.95. The van der Waals surface area contributed by atoms with Crippen LogP contribution in [0.15, 0.2) is 24.3 Å². The standard InChI is InChI=1S/C26H30F3NO4/c1-24(2)12-17-20(19(31)13-24)22-21(18(30-17)14-32-3)23(34-25(22)8-10-33-11-9-25)15-4-6-16(7-5-15)26(27,28)29/h4-7,19,23,31H,8-14H2,1-3H3. The number of rotatable bonds is 3. The maximum absolute atomic E-state index is 13.2. The number of methoxy groups -OCH3 is 1. The Balaban J connectivity index is 1.72. The monoisotopic (exact) mass is 477 g/mol. The number of halogens is 3. The third-order valence-electron chi connectivity index (χ3n) is 7.34. The topological polar surface area (TPSA) is 60.8 Å². The molecule has 184 valence electrons. The second-order valence-electron chi connectivity index (χ2n) is 10.4. The molecule has 0 radical (unpaired) electrons. The van der Waals surface area contributed by atoms with Crippen molar-refractivity contribution in [3.63, 3.8) is 0 Å². The van der Waals surface area contributed by atoms with E-state index < -0.39 is 29.5 Å². The first-order valence-corrected chi connectivity index (χ1v) is 11.7. The average Bonchev–Trinajstić information content (AvgIpc) is 3.07. The molecule has 3 aliphatic rings. The van der Waals surface area contributed by atoms with Crippen LogP contribution in [0.5, 0.6) is 0 Å². The van der Waals surface area contributed by atoms with E-state index in [9.17, 15) is 18.3 Å². The fourth-order valence-electron chi connectivity index (χ4n) is 5.88. The van der Waals surface area contributed by atoms with Gasteiger partial charge >= 0.3 is 6.18 Å². The van der Waals surface area contributed by atoms with Crippen molar-refractivity contribution in [1.29, 1.82) is 0 Å². The first kappa shape index (κ1) is 23.7. The first-order valence-electron chi connectivity index (χ1n) is 11.7. The molecular weight excluding hydrogens is 447 g/mol. The van der Waals surface area contributed by atoms with Crippen LogP contribution in [0.1, 0.15) is 84.5 Å². The molecule has 1 spiro atoms. The third kappa shape index (κ3) is 3.94. The van der Waals surface area contributed by atoms with Crippen LogP contribution in [-0.2, 0) is 39.0 Å². The smallest absolute Gasteiger partial charge is 0.388 e. The normalized spacial score (nSPS) is 25.3. The summed E-state index contributed by atoms with van der Waals surface area (Å²) in [5.41, 5.74) is 3.31. The second kappa shape index (κ2) is 8.29. The lowest BCUT2D eigenvalue weighted by Crippen LogP contribution is -2.37. The van der Waals surface area contributed by atoms with Gasteiger partial charge in [-0.3, -0.25) is 4.98 Å². The third-order valence-corrected chi connectivity index (χ3v) is 7.34. The lowest BCUT2D eigenvalue weighted by molar-refractivity contribution is -0.137. The quantitative estimate of drug-likeness (QED) is 0.644. The van der Waals surface area contributed by atoms with Gasteiger partial charge in [0.2, 0.25) is 0 Å². The Morgan fingerprint density at radius 2 is 1.79 bits per heavy atom. The van der Waals surface area contributed by atoms with Gasteiger partial charge in [-0.15, -0.1) is 0 Å². The Labute approximate surface area is 197 Å². The van der Waals surface area contributed by atoms with E-state index in [0.29, 0.717) is 38.0 Å². The van der Waals surface area contributed by atoms with Crippen molar-refractivity contribution in [1.82, 2.24) is 4.98 Å². The van der Waals surface area contributed by atoms with Gasteiger partial charge in [0.05, 0.1) is 29.6 Å². The SMILES string of the molecule is COCc1nc2c(c3c1C(c1ccc(C(F)(F)F)cc1)OC31CCOCC1)C(O)CC(C)(C)C2. The molecule has 1 aliphatic carbocycles. The van der Waals surface area contributed by atoms with Crippen molar-refractivity contribution in [3.05, 3.63) is 63.5 Å². The lowest BCUT2D eigenvalue weighted by atomic mass is 9.70. The number of alkyl halides is 3. The summed E-state index contributed by atoms with van der Waals surface area (Å²) in [5.74, 6) is 0. The molecule has 5 nitrogen and oxygen atoms in total. The molecular formula is C26H30F3NO4. The van der Waals surface area contributed by atoms with Crippen molar-refractivity contribution in [3.8, 4) is 0 Å². The van der Waals surface area contributed by atoms with Crippen LogP contribution in [0.4, 0.5) is 13.2 Å². The zero-order valence-corrected chi connectivity index (χ0v) is 19.7. The summed E-state index contributed by atoms with van der Waals surface area (Å²) in [6.07, 6.45) is -3.15. The van der Waals surface area contributed by atoms with Gasteiger partial charge in [0.1, 0.15) is 6.10 Å². The molecule has 2 aliphatic heterocycles. The average molecular weight is 478 g/mol. The minimum absolute atomic E-state index is 0.104. The van der Waals surface area contributed by atoms with E-state index in [1.54, 1.807) is 7.11 Å². The molecule has 0 amide bonds. The highest BCUT2D eigenvalue weighted by Crippen LogP contribution is 2.57. The predicted octanol–water partition coefficient (Wildman–Crippen LogP) is 5.38. The van der Waals surface area contributed by atoms with E-state index in [2.05, 4.69) is 13.8 Å². The number of hydrogen-bond acceptors (Lipinski definition) is 5. The molecule has 8 heteroatoms. The number of hydrogen-bond donors (Lipinski definition) is 1. The summed E-state index contributed by atoms with van der Waals surface area (Å²) < 4.78 is 57.4. The Morgan fingerprint density at radius 1 is 1.12 bits per heavy atom.